The molecule has 1 saturated heterocycles. The number of amides is 3. The van der Waals surface area contributed by atoms with E-state index in [9.17, 15) is 9.59 Å². The van der Waals surface area contributed by atoms with Gasteiger partial charge >= 0.3 is 6.03 Å². The van der Waals surface area contributed by atoms with Gasteiger partial charge in [0.05, 0.1) is 0 Å². The summed E-state index contributed by atoms with van der Waals surface area (Å²) in [5.74, 6) is 0.600. The minimum atomic E-state index is -0.466. The monoisotopic (exact) mass is 278 g/mol. The third-order valence-electron chi connectivity index (χ3n) is 4.26. The maximum absolute atomic E-state index is 12.1. The molecule has 3 rings (SSSR count). The van der Waals surface area contributed by atoms with Gasteiger partial charge in [0.2, 0.25) is 0 Å². The predicted molar refractivity (Wildman–Crippen MR) is 69.7 cm³/mol. The number of hydrogen-bond acceptors (Lipinski definition) is 4. The van der Waals surface area contributed by atoms with Crippen molar-refractivity contribution in [2.45, 2.75) is 38.6 Å². The highest BCUT2D eigenvalue weighted by Crippen LogP contribution is 2.38. The Hall–Kier alpha value is -2.05. The van der Waals surface area contributed by atoms with Gasteiger partial charge in [0.25, 0.3) is 5.91 Å². The Labute approximate surface area is 116 Å². The van der Waals surface area contributed by atoms with E-state index < -0.39 is 5.91 Å². The van der Waals surface area contributed by atoms with Crippen LogP contribution in [0, 0.1) is 12.8 Å². The van der Waals surface area contributed by atoms with E-state index in [1.807, 2.05) is 4.90 Å². The third kappa shape index (κ3) is 2.23. The van der Waals surface area contributed by atoms with Crippen LogP contribution in [0.15, 0.2) is 10.8 Å². The summed E-state index contributed by atoms with van der Waals surface area (Å²) in [7, 11) is 0. The number of piperidine rings is 1. The third-order valence-corrected chi connectivity index (χ3v) is 4.26. The molecule has 20 heavy (non-hydrogen) atoms. The van der Waals surface area contributed by atoms with Crippen LogP contribution in [0.1, 0.15) is 41.9 Å². The number of urea groups is 1. The zero-order chi connectivity index (χ0) is 14.1. The van der Waals surface area contributed by atoms with Gasteiger partial charge < -0.3 is 9.32 Å². The molecule has 1 saturated carbocycles. The highest BCUT2D eigenvalue weighted by atomic mass is 16.3. The zero-order valence-corrected chi connectivity index (χ0v) is 11.4. The molecule has 7 heteroatoms. The molecule has 0 spiro atoms. The van der Waals surface area contributed by atoms with Crippen molar-refractivity contribution < 1.29 is 14.0 Å². The second-order valence-corrected chi connectivity index (χ2v) is 5.38. The van der Waals surface area contributed by atoms with Crippen molar-refractivity contribution in [1.29, 1.82) is 0 Å². The Balaban J connectivity index is 1.54. The predicted octanol–water partition coefficient (Wildman–Crippen LogP) is 1.21. The molecule has 1 aliphatic carbocycles. The first-order valence-electron chi connectivity index (χ1n) is 6.94. The van der Waals surface area contributed by atoms with E-state index in [1.165, 1.54) is 19.2 Å². The number of nitrogens with one attached hydrogen (secondary N) is 2. The maximum Gasteiger partial charge on any atom is 0.336 e. The molecular formula is C13H18N4O3. The fourth-order valence-corrected chi connectivity index (χ4v) is 3.00. The smallest absolute Gasteiger partial charge is 0.336 e. The van der Waals surface area contributed by atoms with Gasteiger partial charge in [0.1, 0.15) is 5.76 Å². The summed E-state index contributed by atoms with van der Waals surface area (Å²) in [6.07, 6.45) is 5.72. The average molecular weight is 278 g/mol. The molecule has 3 amide bonds. The van der Waals surface area contributed by atoms with Gasteiger partial charge in [-0.3, -0.25) is 10.2 Å². The van der Waals surface area contributed by atoms with Crippen molar-refractivity contribution in [3.63, 3.8) is 0 Å². The highest BCUT2D eigenvalue weighted by molar-refractivity contribution is 5.94. The van der Waals surface area contributed by atoms with Crippen LogP contribution in [0.3, 0.4) is 0 Å². The number of fused-ring (bicyclic) bond motifs is 1. The van der Waals surface area contributed by atoms with E-state index in [0.717, 1.165) is 19.4 Å². The molecule has 2 atom stereocenters. The first kappa shape index (κ1) is 13.0. The summed E-state index contributed by atoms with van der Waals surface area (Å²) < 4.78 is 4.95. The lowest BCUT2D eigenvalue weighted by Gasteiger charge is -2.48. The SMILES string of the molecule is Cc1ocnc1C(=O)NNC(=O)N1CCC[C@@H]2CC[C@@H]21. The molecule has 2 fully saturated rings. The Kier molecular flexibility index (Phi) is 3.33. The molecule has 2 heterocycles. The van der Waals surface area contributed by atoms with Gasteiger partial charge in [0.15, 0.2) is 12.1 Å². The van der Waals surface area contributed by atoms with E-state index in [4.69, 9.17) is 4.42 Å². The Morgan fingerprint density at radius 3 is 2.85 bits per heavy atom. The van der Waals surface area contributed by atoms with Crippen LogP contribution < -0.4 is 10.9 Å². The van der Waals surface area contributed by atoms with Gasteiger partial charge in [-0.25, -0.2) is 15.2 Å². The molecule has 2 aliphatic rings. The molecule has 1 aromatic rings. The fraction of sp³-hybridized carbons (Fsp3) is 0.615. The molecule has 0 unspecified atom stereocenters. The molecule has 108 valence electrons. The summed E-state index contributed by atoms with van der Waals surface area (Å²) in [6, 6.07) is 0.100. The van der Waals surface area contributed by atoms with Crippen LogP contribution in [-0.2, 0) is 0 Å². The highest BCUT2D eigenvalue weighted by Gasteiger charge is 2.40. The number of hydrogen-bond donors (Lipinski definition) is 2. The number of aryl methyl sites for hydroxylation is 1. The quantitative estimate of drug-likeness (QED) is 0.756. The second kappa shape index (κ2) is 5.15. The normalized spacial score (nSPS) is 24.6. The molecule has 7 nitrogen and oxygen atoms in total. The molecule has 1 aliphatic heterocycles. The van der Waals surface area contributed by atoms with Crippen molar-refractivity contribution >= 4 is 11.9 Å². The summed E-state index contributed by atoms with van der Waals surface area (Å²) in [5, 5.41) is 0. The molecule has 0 aromatic carbocycles. The first-order chi connectivity index (χ1) is 9.66. The lowest BCUT2D eigenvalue weighted by molar-refractivity contribution is 0.0450. The number of hydrazine groups is 1. The first-order valence-corrected chi connectivity index (χ1v) is 6.94. The number of nitrogens with zero attached hydrogens (tertiary/aromatic N) is 2. The van der Waals surface area contributed by atoms with E-state index in [0.29, 0.717) is 17.7 Å². The second-order valence-electron chi connectivity index (χ2n) is 5.38. The van der Waals surface area contributed by atoms with Crippen LogP contribution in [-0.4, -0.2) is 34.4 Å². The number of likely N-dealkylation sites (tertiary alicyclic amines) is 1. The van der Waals surface area contributed by atoms with E-state index in [-0.39, 0.29) is 11.7 Å². The summed E-state index contributed by atoms with van der Waals surface area (Å²) in [5.41, 5.74) is 5.02. The van der Waals surface area contributed by atoms with Crippen LogP contribution in [0.25, 0.3) is 0 Å². The van der Waals surface area contributed by atoms with Crippen LogP contribution >= 0.6 is 0 Å². The van der Waals surface area contributed by atoms with Gasteiger partial charge in [-0.2, -0.15) is 0 Å². The number of carbonyl (C=O) groups is 2. The largest absolute Gasteiger partial charge is 0.448 e. The minimum Gasteiger partial charge on any atom is -0.448 e. The van der Waals surface area contributed by atoms with Gasteiger partial charge in [-0.05, 0) is 38.5 Å². The Bertz CT molecular complexity index is 527. The van der Waals surface area contributed by atoms with Crippen molar-refractivity contribution in [2.75, 3.05) is 6.54 Å². The number of oxazole rings is 1. The average Bonchev–Trinajstić information content (AvgIpc) is 2.83. The number of aromatic nitrogens is 1. The minimum absolute atomic E-state index is 0.186. The number of carbonyl (C=O) groups excluding carboxylic acids is 2. The summed E-state index contributed by atoms with van der Waals surface area (Å²) in [4.78, 5) is 29.5. The summed E-state index contributed by atoms with van der Waals surface area (Å²) in [6.45, 7) is 2.40. The molecule has 1 aromatic heterocycles. The molecular weight excluding hydrogens is 260 g/mol. The molecule has 2 N–H and O–H groups in total. The lowest BCUT2D eigenvalue weighted by atomic mass is 9.73. The van der Waals surface area contributed by atoms with Gasteiger partial charge in [-0.1, -0.05) is 0 Å². The maximum atomic E-state index is 12.1. The molecule has 0 bridgehead atoms. The topological polar surface area (TPSA) is 87.5 Å². The summed E-state index contributed by atoms with van der Waals surface area (Å²) >= 11 is 0. The van der Waals surface area contributed by atoms with Crippen LogP contribution in [0.2, 0.25) is 0 Å². The molecule has 0 radical (unpaired) electrons. The van der Waals surface area contributed by atoms with E-state index in [1.54, 1.807) is 6.92 Å². The van der Waals surface area contributed by atoms with Gasteiger partial charge in [0, 0.05) is 12.6 Å². The van der Waals surface area contributed by atoms with Crippen LogP contribution in [0.4, 0.5) is 4.79 Å². The van der Waals surface area contributed by atoms with Crippen molar-refractivity contribution in [1.82, 2.24) is 20.7 Å². The zero-order valence-electron chi connectivity index (χ0n) is 11.4. The number of rotatable bonds is 1. The Morgan fingerprint density at radius 2 is 2.20 bits per heavy atom. The fourth-order valence-electron chi connectivity index (χ4n) is 3.00. The van der Waals surface area contributed by atoms with Crippen molar-refractivity contribution in [3.05, 3.63) is 17.8 Å². The van der Waals surface area contributed by atoms with Crippen molar-refractivity contribution in [3.8, 4) is 0 Å². The van der Waals surface area contributed by atoms with Gasteiger partial charge in [-0.15, -0.1) is 0 Å². The van der Waals surface area contributed by atoms with Crippen molar-refractivity contribution in [2.24, 2.45) is 5.92 Å². The van der Waals surface area contributed by atoms with E-state index >= 15 is 0 Å². The standard InChI is InChI=1S/C13H18N4O3/c1-8-11(14-7-20-8)12(18)15-16-13(19)17-6-2-3-9-4-5-10(9)17/h7,9-10H,2-6H2,1H3,(H,15,18)(H,16,19)/t9-,10+/m1/s1. The Morgan fingerprint density at radius 1 is 1.35 bits per heavy atom. The van der Waals surface area contributed by atoms with E-state index in [2.05, 4.69) is 15.8 Å². The lowest BCUT2D eigenvalue weighted by Crippen LogP contribution is -2.58. The van der Waals surface area contributed by atoms with Crippen LogP contribution in [0.5, 0.6) is 0 Å².